The van der Waals surface area contributed by atoms with Gasteiger partial charge >= 0.3 is 0 Å². The summed E-state index contributed by atoms with van der Waals surface area (Å²) in [5.74, 6) is 0. The van der Waals surface area contributed by atoms with Crippen LogP contribution in [0.1, 0.15) is 58.9 Å². The third-order valence-electron chi connectivity index (χ3n) is 4.15. The minimum Gasteiger partial charge on any atom is -0.393 e. The van der Waals surface area contributed by atoms with Gasteiger partial charge in [-0.1, -0.05) is 32.9 Å². The fraction of sp³-hybridized carbons (Fsp3) is 0.647. The van der Waals surface area contributed by atoms with Gasteiger partial charge in [0.15, 0.2) is 0 Å². The van der Waals surface area contributed by atoms with E-state index in [0.717, 1.165) is 31.4 Å². The van der Waals surface area contributed by atoms with Crippen LogP contribution in [0.3, 0.4) is 0 Å². The highest BCUT2D eigenvalue weighted by molar-refractivity contribution is 5.48. The van der Waals surface area contributed by atoms with E-state index in [0.29, 0.717) is 0 Å². The van der Waals surface area contributed by atoms with Crippen molar-refractivity contribution in [1.29, 1.82) is 0 Å². The highest BCUT2D eigenvalue weighted by atomic mass is 16.3. The van der Waals surface area contributed by atoms with Crippen LogP contribution in [0.5, 0.6) is 0 Å². The third-order valence-corrected chi connectivity index (χ3v) is 4.15. The molecule has 0 heterocycles. The molecular formula is C17H27NO. The summed E-state index contributed by atoms with van der Waals surface area (Å²) in [6.07, 6.45) is 3.87. The Kier molecular flexibility index (Phi) is 3.91. The Labute approximate surface area is 117 Å². The molecule has 0 radical (unpaired) electrons. The van der Waals surface area contributed by atoms with E-state index in [4.69, 9.17) is 0 Å². The molecule has 0 aliphatic heterocycles. The van der Waals surface area contributed by atoms with Crippen molar-refractivity contribution in [2.75, 3.05) is 5.32 Å². The number of aliphatic hydroxyl groups excluding tert-OH is 1. The number of hydrogen-bond acceptors (Lipinski definition) is 2. The van der Waals surface area contributed by atoms with Gasteiger partial charge in [-0.25, -0.2) is 0 Å². The Morgan fingerprint density at radius 1 is 1.21 bits per heavy atom. The zero-order valence-electron chi connectivity index (χ0n) is 12.7. The summed E-state index contributed by atoms with van der Waals surface area (Å²) in [6.45, 7) is 8.91. The van der Waals surface area contributed by atoms with Gasteiger partial charge in [-0.2, -0.15) is 0 Å². The van der Waals surface area contributed by atoms with E-state index in [1.54, 1.807) is 0 Å². The molecule has 1 aliphatic rings. The van der Waals surface area contributed by atoms with Crippen molar-refractivity contribution in [3.63, 3.8) is 0 Å². The van der Waals surface area contributed by atoms with E-state index < -0.39 is 0 Å². The molecule has 2 heteroatoms. The predicted octanol–water partition coefficient (Wildman–Crippen LogP) is 4.09. The quantitative estimate of drug-likeness (QED) is 0.840. The number of benzene rings is 1. The fourth-order valence-electron chi connectivity index (χ4n) is 2.97. The van der Waals surface area contributed by atoms with E-state index in [-0.39, 0.29) is 17.1 Å². The lowest BCUT2D eigenvalue weighted by molar-refractivity contribution is 0.100. The maximum Gasteiger partial charge on any atom is 0.0562 e. The minimum atomic E-state index is -0.153. The molecular weight excluding hydrogens is 234 g/mol. The molecule has 2 rings (SSSR count). The molecule has 1 saturated carbocycles. The molecule has 0 aromatic heterocycles. The third kappa shape index (κ3) is 3.73. The van der Waals surface area contributed by atoms with Crippen LogP contribution in [0.15, 0.2) is 24.3 Å². The van der Waals surface area contributed by atoms with Crippen LogP contribution in [0.2, 0.25) is 0 Å². The first-order valence-corrected chi connectivity index (χ1v) is 7.35. The molecule has 1 aliphatic carbocycles. The maximum absolute atomic E-state index is 9.83. The standard InChI is InChI=1S/C17H27NO/c1-16(2,3)13-7-9-14(10-8-13)18-17(4)11-5-6-15(19)12-17/h7-10,15,18-19H,5-6,11-12H2,1-4H3. The minimum absolute atomic E-state index is 0.0287. The summed E-state index contributed by atoms with van der Waals surface area (Å²) in [5, 5.41) is 13.4. The molecule has 2 unspecified atom stereocenters. The highest BCUT2D eigenvalue weighted by Gasteiger charge is 2.31. The Morgan fingerprint density at radius 3 is 2.37 bits per heavy atom. The van der Waals surface area contributed by atoms with Gasteiger partial charge in [0.25, 0.3) is 0 Å². The SMILES string of the molecule is CC1(Nc2ccc(C(C)(C)C)cc2)CCCC(O)C1. The molecule has 2 N–H and O–H groups in total. The van der Waals surface area contributed by atoms with Crippen molar-refractivity contribution in [3.8, 4) is 0 Å². The van der Waals surface area contributed by atoms with Gasteiger partial charge in [-0.15, -0.1) is 0 Å². The average Bonchev–Trinajstić information content (AvgIpc) is 2.27. The molecule has 0 bridgehead atoms. The van der Waals surface area contributed by atoms with Gasteiger partial charge < -0.3 is 10.4 Å². The summed E-state index contributed by atoms with van der Waals surface area (Å²) in [7, 11) is 0. The molecule has 1 aromatic carbocycles. The first-order valence-electron chi connectivity index (χ1n) is 7.35. The molecule has 19 heavy (non-hydrogen) atoms. The fourth-order valence-corrected chi connectivity index (χ4v) is 2.97. The monoisotopic (exact) mass is 261 g/mol. The number of aliphatic hydroxyl groups is 1. The summed E-state index contributed by atoms with van der Waals surface area (Å²) in [5.41, 5.74) is 2.74. The summed E-state index contributed by atoms with van der Waals surface area (Å²) in [4.78, 5) is 0. The zero-order valence-corrected chi connectivity index (χ0v) is 12.7. The van der Waals surface area contributed by atoms with Gasteiger partial charge in [-0.05, 0) is 55.7 Å². The van der Waals surface area contributed by atoms with Crippen molar-refractivity contribution in [3.05, 3.63) is 29.8 Å². The molecule has 106 valence electrons. The number of rotatable bonds is 2. The van der Waals surface area contributed by atoms with E-state index in [1.807, 2.05) is 0 Å². The van der Waals surface area contributed by atoms with Crippen molar-refractivity contribution in [1.82, 2.24) is 0 Å². The van der Waals surface area contributed by atoms with Crippen LogP contribution in [0.25, 0.3) is 0 Å². The predicted molar refractivity (Wildman–Crippen MR) is 81.6 cm³/mol. The van der Waals surface area contributed by atoms with Crippen LogP contribution in [0, 0.1) is 0 Å². The molecule has 1 fully saturated rings. The Hall–Kier alpha value is -1.02. The van der Waals surface area contributed by atoms with E-state index in [9.17, 15) is 5.11 Å². The number of nitrogens with one attached hydrogen (secondary N) is 1. The number of hydrogen-bond donors (Lipinski definition) is 2. The molecule has 2 nitrogen and oxygen atoms in total. The van der Waals surface area contributed by atoms with Gasteiger partial charge in [-0.3, -0.25) is 0 Å². The lowest BCUT2D eigenvalue weighted by atomic mass is 9.81. The second-order valence-electron chi connectivity index (χ2n) is 7.26. The smallest absolute Gasteiger partial charge is 0.0562 e. The molecule has 2 atom stereocenters. The molecule has 0 saturated heterocycles. The second-order valence-corrected chi connectivity index (χ2v) is 7.26. The zero-order chi connectivity index (χ0) is 14.1. The summed E-state index contributed by atoms with van der Waals surface area (Å²) >= 11 is 0. The Bertz CT molecular complexity index is 418. The van der Waals surface area contributed by atoms with Crippen LogP contribution in [-0.2, 0) is 5.41 Å². The normalized spacial score (nSPS) is 28.2. The first-order chi connectivity index (χ1) is 8.78. The maximum atomic E-state index is 9.83. The lowest BCUT2D eigenvalue weighted by Crippen LogP contribution is -2.41. The van der Waals surface area contributed by atoms with Crippen molar-refractivity contribution in [2.24, 2.45) is 0 Å². The molecule has 0 spiro atoms. The van der Waals surface area contributed by atoms with Crippen molar-refractivity contribution >= 4 is 5.69 Å². The Morgan fingerprint density at radius 2 is 1.84 bits per heavy atom. The second kappa shape index (κ2) is 5.16. The van der Waals surface area contributed by atoms with Gasteiger partial charge in [0.05, 0.1) is 6.10 Å². The van der Waals surface area contributed by atoms with E-state index in [1.165, 1.54) is 5.56 Å². The largest absolute Gasteiger partial charge is 0.393 e. The van der Waals surface area contributed by atoms with Gasteiger partial charge in [0.2, 0.25) is 0 Å². The Balaban J connectivity index is 2.07. The van der Waals surface area contributed by atoms with Gasteiger partial charge in [0, 0.05) is 11.2 Å². The topological polar surface area (TPSA) is 32.3 Å². The molecule has 1 aromatic rings. The van der Waals surface area contributed by atoms with Gasteiger partial charge in [0.1, 0.15) is 0 Å². The summed E-state index contributed by atoms with van der Waals surface area (Å²) in [6, 6.07) is 8.72. The van der Waals surface area contributed by atoms with Crippen LogP contribution in [0.4, 0.5) is 5.69 Å². The van der Waals surface area contributed by atoms with Crippen LogP contribution in [-0.4, -0.2) is 16.7 Å². The van der Waals surface area contributed by atoms with Crippen LogP contribution >= 0.6 is 0 Å². The van der Waals surface area contributed by atoms with E-state index >= 15 is 0 Å². The van der Waals surface area contributed by atoms with E-state index in [2.05, 4.69) is 57.3 Å². The lowest BCUT2D eigenvalue weighted by Gasteiger charge is -2.38. The first kappa shape index (κ1) is 14.4. The average molecular weight is 261 g/mol. The number of anilines is 1. The molecule has 0 amide bonds. The van der Waals surface area contributed by atoms with Crippen molar-refractivity contribution < 1.29 is 5.11 Å². The van der Waals surface area contributed by atoms with Crippen molar-refractivity contribution in [2.45, 2.75) is 70.4 Å². The highest BCUT2D eigenvalue weighted by Crippen LogP contribution is 2.32. The van der Waals surface area contributed by atoms with Crippen LogP contribution < -0.4 is 5.32 Å². The summed E-state index contributed by atoms with van der Waals surface area (Å²) < 4.78 is 0.